The Kier molecular flexibility index (Phi) is 8.77. The van der Waals surface area contributed by atoms with E-state index in [1.54, 1.807) is 0 Å². The Morgan fingerprint density at radius 2 is 2.14 bits per heavy atom. The van der Waals surface area contributed by atoms with Gasteiger partial charge in [0.25, 0.3) is 0 Å². The summed E-state index contributed by atoms with van der Waals surface area (Å²) in [5.74, 6) is 0. The Labute approximate surface area is 147 Å². The van der Waals surface area contributed by atoms with Gasteiger partial charge < -0.3 is 22.7 Å². The second kappa shape index (κ2) is 10.0. The van der Waals surface area contributed by atoms with Crippen molar-refractivity contribution in [2.45, 2.75) is 37.3 Å². The summed E-state index contributed by atoms with van der Waals surface area (Å²) in [6.45, 7) is 5.54. The Bertz CT molecular complexity index is 432. The number of hydrogen-bond donors (Lipinski definition) is 2. The molecule has 0 saturated carbocycles. The summed E-state index contributed by atoms with van der Waals surface area (Å²) in [7, 11) is 0. The average Bonchev–Trinajstić information content (AvgIpc) is 3.15. The van der Waals surface area contributed by atoms with Crippen LogP contribution in [0.2, 0.25) is 0 Å². The van der Waals surface area contributed by atoms with E-state index in [0.29, 0.717) is 13.0 Å². The van der Waals surface area contributed by atoms with Gasteiger partial charge >= 0.3 is 0 Å². The minimum atomic E-state index is -0.898. The first-order valence-corrected chi connectivity index (χ1v) is 7.74. The van der Waals surface area contributed by atoms with Crippen molar-refractivity contribution in [2.24, 2.45) is 0 Å². The monoisotopic (exact) mass is 388 g/mol. The molecule has 1 radical (unpaired) electrons. The third kappa shape index (κ3) is 5.12. The quantitative estimate of drug-likeness (QED) is 0.617. The van der Waals surface area contributed by atoms with E-state index in [-0.39, 0.29) is 25.5 Å². The van der Waals surface area contributed by atoms with Crippen LogP contribution in [0.15, 0.2) is 54.3 Å². The molecule has 0 bridgehead atoms. The van der Waals surface area contributed by atoms with Crippen LogP contribution in [0.3, 0.4) is 0 Å². The van der Waals surface area contributed by atoms with E-state index < -0.39 is 5.60 Å². The molecule has 0 amide bonds. The van der Waals surface area contributed by atoms with Crippen molar-refractivity contribution in [3.63, 3.8) is 0 Å². The standard InChI is InChI=1S/C13H20N2O.C5H5.Rh/c1-2-13(16,11-7-3-5-9-14-11)12-8-4-6-10-15-12;1-2-4-5-3-1;/h3,5,7,12,15-16H,1-2,4,6,8-10H2;1-5H;/q-2;-1;. The van der Waals surface area contributed by atoms with Crippen LogP contribution in [-0.2, 0) is 19.5 Å². The molecule has 2 N–H and O–H groups in total. The molecule has 3 rings (SSSR count). The van der Waals surface area contributed by atoms with E-state index in [2.05, 4.69) is 17.6 Å². The number of nitrogens with zero attached hydrogens (tertiary/aromatic N) is 1. The number of allylic oxidation sites excluding steroid dienone is 2. The maximum atomic E-state index is 10.7. The molecular formula is C18H25N2ORh-3. The smallest absolute Gasteiger partial charge is 0.0578 e. The van der Waals surface area contributed by atoms with Crippen LogP contribution in [0.25, 0.3) is 5.32 Å². The molecule has 0 aliphatic carbocycles. The van der Waals surface area contributed by atoms with Crippen molar-refractivity contribution in [2.75, 3.05) is 13.1 Å². The molecule has 2 aliphatic rings. The van der Waals surface area contributed by atoms with Gasteiger partial charge in [-0.1, -0.05) is 18.6 Å². The van der Waals surface area contributed by atoms with Gasteiger partial charge in [-0.15, -0.1) is 24.7 Å². The van der Waals surface area contributed by atoms with Gasteiger partial charge in [-0.05, 0) is 19.4 Å². The number of rotatable bonds is 3. The summed E-state index contributed by atoms with van der Waals surface area (Å²) in [5.41, 5.74) is -0.116. The zero-order valence-corrected chi connectivity index (χ0v) is 14.5. The van der Waals surface area contributed by atoms with E-state index in [0.717, 1.165) is 18.7 Å². The van der Waals surface area contributed by atoms with Gasteiger partial charge in [0, 0.05) is 25.5 Å². The first-order chi connectivity index (χ1) is 10.3. The summed E-state index contributed by atoms with van der Waals surface area (Å²) >= 11 is 0. The molecule has 22 heavy (non-hydrogen) atoms. The fraction of sp³-hybridized carbons (Fsp3) is 0.444. The van der Waals surface area contributed by atoms with Crippen LogP contribution in [0.4, 0.5) is 0 Å². The molecule has 2 atom stereocenters. The Balaban J connectivity index is 0.000000344. The molecule has 2 heterocycles. The maximum Gasteiger partial charge on any atom is 0.0578 e. The number of nitrogens with one attached hydrogen (secondary N) is 1. The van der Waals surface area contributed by atoms with Crippen LogP contribution in [0.5, 0.6) is 0 Å². The van der Waals surface area contributed by atoms with Crippen LogP contribution in [0.1, 0.15) is 25.7 Å². The summed E-state index contributed by atoms with van der Waals surface area (Å²) in [6, 6.07) is 10.1. The molecule has 4 heteroatoms. The normalized spacial score (nSPS) is 23.0. The Hall–Kier alpha value is -0.827. The van der Waals surface area contributed by atoms with Crippen LogP contribution in [0, 0.1) is 6.92 Å². The fourth-order valence-electron chi connectivity index (χ4n) is 2.77. The largest absolute Gasteiger partial charge is 0.682 e. The van der Waals surface area contributed by atoms with Crippen molar-refractivity contribution >= 4 is 0 Å². The molecule has 2 aliphatic heterocycles. The molecule has 1 aromatic rings. The van der Waals surface area contributed by atoms with Crippen molar-refractivity contribution in [1.29, 1.82) is 0 Å². The summed E-state index contributed by atoms with van der Waals surface area (Å²) in [5, 5.41) is 18.5. The topological polar surface area (TPSA) is 46.4 Å². The van der Waals surface area contributed by atoms with Crippen molar-refractivity contribution in [3.05, 3.63) is 66.5 Å². The Morgan fingerprint density at radius 3 is 2.59 bits per heavy atom. The van der Waals surface area contributed by atoms with E-state index in [1.807, 2.05) is 48.6 Å². The van der Waals surface area contributed by atoms with Crippen molar-refractivity contribution in [1.82, 2.24) is 5.32 Å². The molecule has 1 fully saturated rings. The minimum absolute atomic E-state index is 0. The average molecular weight is 388 g/mol. The molecule has 1 saturated heterocycles. The Morgan fingerprint density at radius 1 is 1.36 bits per heavy atom. The number of piperidine rings is 1. The summed E-state index contributed by atoms with van der Waals surface area (Å²) in [6.07, 6.45) is 9.69. The minimum Gasteiger partial charge on any atom is -0.682 e. The van der Waals surface area contributed by atoms with E-state index in [1.165, 1.54) is 12.8 Å². The molecule has 125 valence electrons. The summed E-state index contributed by atoms with van der Waals surface area (Å²) < 4.78 is 0. The molecule has 3 nitrogen and oxygen atoms in total. The number of aliphatic hydroxyl groups is 1. The van der Waals surface area contributed by atoms with Crippen molar-refractivity contribution in [3.8, 4) is 0 Å². The SMILES string of the molecule is [CH2-]CC(O)(C1=CC=CC[N-]1)C1CCCCN1.[Rh].c1cc[cH-]c1. The fourth-order valence-corrected chi connectivity index (χ4v) is 2.77. The maximum absolute atomic E-state index is 10.7. The molecule has 0 spiro atoms. The predicted octanol–water partition coefficient (Wildman–Crippen LogP) is 3.31. The van der Waals surface area contributed by atoms with Gasteiger partial charge in [-0.3, -0.25) is 0 Å². The first-order valence-electron chi connectivity index (χ1n) is 7.74. The zero-order chi connectivity index (χ0) is 15.0. The molecule has 0 aromatic heterocycles. The van der Waals surface area contributed by atoms with E-state index in [4.69, 9.17) is 0 Å². The van der Waals surface area contributed by atoms with Gasteiger partial charge in [-0.2, -0.15) is 18.2 Å². The van der Waals surface area contributed by atoms with Gasteiger partial charge in [0.15, 0.2) is 0 Å². The second-order valence-electron chi connectivity index (χ2n) is 5.46. The van der Waals surface area contributed by atoms with Crippen LogP contribution >= 0.6 is 0 Å². The van der Waals surface area contributed by atoms with E-state index >= 15 is 0 Å². The second-order valence-corrected chi connectivity index (χ2v) is 5.46. The third-order valence-corrected chi connectivity index (χ3v) is 4.02. The summed E-state index contributed by atoms with van der Waals surface area (Å²) in [4.78, 5) is 0. The predicted molar refractivity (Wildman–Crippen MR) is 88.0 cm³/mol. The van der Waals surface area contributed by atoms with Gasteiger partial charge in [0.1, 0.15) is 0 Å². The van der Waals surface area contributed by atoms with Crippen LogP contribution < -0.4 is 5.32 Å². The first kappa shape index (κ1) is 19.2. The van der Waals surface area contributed by atoms with Gasteiger partial charge in [0.05, 0.1) is 5.60 Å². The molecule has 1 aromatic carbocycles. The zero-order valence-electron chi connectivity index (χ0n) is 12.9. The van der Waals surface area contributed by atoms with E-state index in [9.17, 15) is 5.11 Å². The number of hydrogen-bond acceptors (Lipinski definition) is 2. The van der Waals surface area contributed by atoms with Gasteiger partial charge in [-0.25, -0.2) is 12.1 Å². The molecule has 2 unspecified atom stereocenters. The third-order valence-electron chi connectivity index (χ3n) is 4.02. The molecular weight excluding hydrogens is 363 g/mol. The van der Waals surface area contributed by atoms with Gasteiger partial charge in [0.2, 0.25) is 0 Å². The van der Waals surface area contributed by atoms with Crippen molar-refractivity contribution < 1.29 is 24.6 Å². The van der Waals surface area contributed by atoms with Crippen LogP contribution in [-0.4, -0.2) is 29.8 Å².